The molecule has 3 aromatic rings. The zero-order valence-corrected chi connectivity index (χ0v) is 15.8. The topological polar surface area (TPSA) is 106 Å². The minimum absolute atomic E-state index is 0.0840. The molecule has 2 N–H and O–H groups in total. The fourth-order valence-corrected chi connectivity index (χ4v) is 3.49. The normalized spacial score (nSPS) is 11.1. The van der Waals surface area contributed by atoms with Crippen LogP contribution < -0.4 is 10.0 Å². The van der Waals surface area contributed by atoms with Gasteiger partial charge in [-0.15, -0.1) is 6.58 Å². The third-order valence-electron chi connectivity index (χ3n) is 3.84. The van der Waals surface area contributed by atoms with Crippen molar-refractivity contribution in [3.63, 3.8) is 0 Å². The number of nitrogens with one attached hydrogen (secondary N) is 2. The fraction of sp³-hybridized carbons (Fsp3) is 0.105. The molecule has 0 radical (unpaired) electrons. The van der Waals surface area contributed by atoms with E-state index in [2.05, 4.69) is 26.7 Å². The largest absolute Gasteiger partial charge is 0.322 e. The Morgan fingerprint density at radius 1 is 1.18 bits per heavy atom. The van der Waals surface area contributed by atoms with E-state index in [0.717, 1.165) is 5.56 Å². The van der Waals surface area contributed by atoms with Gasteiger partial charge in [0.25, 0.3) is 5.91 Å². The SMILES string of the molecule is C=CCNS(=O)(=O)c1ccc(C(=O)Nc2cccc(Cn3cncn3)c2)cc1. The Labute approximate surface area is 163 Å². The number of nitrogens with zero attached hydrogens (tertiary/aromatic N) is 3. The second-order valence-corrected chi connectivity index (χ2v) is 7.68. The number of anilines is 1. The van der Waals surface area contributed by atoms with Crippen LogP contribution in [0.1, 0.15) is 15.9 Å². The smallest absolute Gasteiger partial charge is 0.255 e. The molecule has 1 amide bonds. The summed E-state index contributed by atoms with van der Waals surface area (Å²) in [4.78, 5) is 16.4. The summed E-state index contributed by atoms with van der Waals surface area (Å²) >= 11 is 0. The number of amides is 1. The Bertz CT molecular complexity index is 1060. The highest BCUT2D eigenvalue weighted by Crippen LogP contribution is 2.15. The highest BCUT2D eigenvalue weighted by molar-refractivity contribution is 7.89. The van der Waals surface area contributed by atoms with E-state index in [9.17, 15) is 13.2 Å². The van der Waals surface area contributed by atoms with Gasteiger partial charge in [-0.25, -0.2) is 22.8 Å². The molecule has 0 unspecified atom stereocenters. The number of benzene rings is 2. The summed E-state index contributed by atoms with van der Waals surface area (Å²) in [5, 5.41) is 6.86. The molecule has 0 saturated heterocycles. The van der Waals surface area contributed by atoms with Gasteiger partial charge in [0.05, 0.1) is 11.4 Å². The van der Waals surface area contributed by atoms with E-state index in [1.807, 2.05) is 18.2 Å². The molecule has 144 valence electrons. The first kappa shape index (κ1) is 19.5. The molecule has 0 aliphatic rings. The van der Waals surface area contributed by atoms with Crippen LogP contribution in [-0.2, 0) is 16.6 Å². The van der Waals surface area contributed by atoms with Gasteiger partial charge in [0.15, 0.2) is 0 Å². The Hall–Kier alpha value is -3.30. The van der Waals surface area contributed by atoms with Crippen molar-refractivity contribution in [3.05, 3.63) is 85.0 Å². The maximum Gasteiger partial charge on any atom is 0.255 e. The molecule has 1 heterocycles. The van der Waals surface area contributed by atoms with E-state index in [1.54, 1.807) is 17.1 Å². The lowest BCUT2D eigenvalue weighted by Gasteiger charge is -2.09. The zero-order chi connectivity index (χ0) is 20.0. The van der Waals surface area contributed by atoms with Crippen molar-refractivity contribution in [2.45, 2.75) is 11.4 Å². The first-order valence-corrected chi connectivity index (χ1v) is 9.89. The second kappa shape index (κ2) is 8.59. The summed E-state index contributed by atoms with van der Waals surface area (Å²) in [6, 6.07) is 13.1. The van der Waals surface area contributed by atoms with Crippen LogP contribution in [0.4, 0.5) is 5.69 Å². The van der Waals surface area contributed by atoms with E-state index in [0.29, 0.717) is 17.8 Å². The third kappa shape index (κ3) is 4.90. The molecule has 0 atom stereocenters. The van der Waals surface area contributed by atoms with Crippen molar-refractivity contribution in [3.8, 4) is 0 Å². The number of carbonyl (C=O) groups is 1. The van der Waals surface area contributed by atoms with E-state index < -0.39 is 10.0 Å². The monoisotopic (exact) mass is 397 g/mol. The van der Waals surface area contributed by atoms with Crippen molar-refractivity contribution in [1.82, 2.24) is 19.5 Å². The van der Waals surface area contributed by atoms with Gasteiger partial charge < -0.3 is 5.32 Å². The van der Waals surface area contributed by atoms with Crippen LogP contribution in [0, 0.1) is 0 Å². The van der Waals surface area contributed by atoms with Crippen molar-refractivity contribution < 1.29 is 13.2 Å². The van der Waals surface area contributed by atoms with Crippen LogP contribution in [0.25, 0.3) is 0 Å². The summed E-state index contributed by atoms with van der Waals surface area (Å²) in [5.41, 5.74) is 1.94. The van der Waals surface area contributed by atoms with E-state index in [-0.39, 0.29) is 17.3 Å². The zero-order valence-electron chi connectivity index (χ0n) is 14.9. The van der Waals surface area contributed by atoms with Crippen LogP contribution in [0.3, 0.4) is 0 Å². The van der Waals surface area contributed by atoms with Crippen LogP contribution in [-0.4, -0.2) is 35.6 Å². The summed E-state index contributed by atoms with van der Waals surface area (Å²) < 4.78 is 28.2. The van der Waals surface area contributed by atoms with Crippen molar-refractivity contribution in [1.29, 1.82) is 0 Å². The van der Waals surface area contributed by atoms with E-state index >= 15 is 0 Å². The van der Waals surface area contributed by atoms with Gasteiger partial charge in [-0.3, -0.25) is 4.79 Å². The standard InChI is InChI=1S/C19H19N5O3S/c1-2-10-22-28(26,27)18-8-6-16(7-9-18)19(25)23-17-5-3-4-15(11-17)12-24-14-20-13-21-24/h2-9,11,13-14,22H,1,10,12H2,(H,23,25). The summed E-state index contributed by atoms with van der Waals surface area (Å²) in [7, 11) is -3.62. The van der Waals surface area contributed by atoms with Gasteiger partial charge in [-0.1, -0.05) is 18.2 Å². The minimum atomic E-state index is -3.62. The molecule has 9 heteroatoms. The average molecular weight is 397 g/mol. The molecule has 28 heavy (non-hydrogen) atoms. The molecule has 2 aromatic carbocycles. The lowest BCUT2D eigenvalue weighted by molar-refractivity contribution is 0.102. The van der Waals surface area contributed by atoms with Gasteiger partial charge in [-0.2, -0.15) is 5.10 Å². The molecule has 0 aliphatic heterocycles. The van der Waals surface area contributed by atoms with Crippen LogP contribution in [0.5, 0.6) is 0 Å². The Morgan fingerprint density at radius 2 is 1.96 bits per heavy atom. The highest BCUT2D eigenvalue weighted by Gasteiger charge is 2.14. The lowest BCUT2D eigenvalue weighted by atomic mass is 10.1. The number of hydrogen-bond donors (Lipinski definition) is 2. The number of rotatable bonds is 8. The Morgan fingerprint density at radius 3 is 2.64 bits per heavy atom. The van der Waals surface area contributed by atoms with Crippen LogP contribution in [0.15, 0.2) is 78.7 Å². The Balaban J connectivity index is 1.68. The van der Waals surface area contributed by atoms with Gasteiger partial charge >= 0.3 is 0 Å². The fourth-order valence-electron chi connectivity index (χ4n) is 2.49. The van der Waals surface area contributed by atoms with Gasteiger partial charge in [-0.05, 0) is 42.0 Å². The molecule has 1 aromatic heterocycles. The van der Waals surface area contributed by atoms with Gasteiger partial charge in [0.1, 0.15) is 12.7 Å². The summed E-state index contributed by atoms with van der Waals surface area (Å²) in [6.45, 7) is 4.14. The average Bonchev–Trinajstić information content (AvgIpc) is 3.20. The molecular formula is C19H19N5O3S. The quantitative estimate of drug-likeness (QED) is 0.566. The maximum absolute atomic E-state index is 12.5. The van der Waals surface area contributed by atoms with E-state index in [4.69, 9.17) is 0 Å². The van der Waals surface area contributed by atoms with Gasteiger partial charge in [0, 0.05) is 17.8 Å². The molecule has 0 fully saturated rings. The van der Waals surface area contributed by atoms with Crippen molar-refractivity contribution in [2.24, 2.45) is 0 Å². The molecule has 0 bridgehead atoms. The van der Waals surface area contributed by atoms with Crippen molar-refractivity contribution in [2.75, 3.05) is 11.9 Å². The second-order valence-electron chi connectivity index (χ2n) is 5.91. The molecule has 0 spiro atoms. The Kier molecular flexibility index (Phi) is 5.97. The molecule has 0 aliphatic carbocycles. The number of carbonyl (C=O) groups excluding carboxylic acids is 1. The summed E-state index contributed by atoms with van der Waals surface area (Å²) in [6.07, 6.45) is 4.53. The van der Waals surface area contributed by atoms with E-state index in [1.165, 1.54) is 36.7 Å². The first-order valence-electron chi connectivity index (χ1n) is 8.41. The molecule has 0 saturated carbocycles. The first-order chi connectivity index (χ1) is 13.5. The van der Waals surface area contributed by atoms with Gasteiger partial charge in [0.2, 0.25) is 10.0 Å². The molecular weight excluding hydrogens is 378 g/mol. The number of sulfonamides is 1. The van der Waals surface area contributed by atoms with Crippen molar-refractivity contribution >= 4 is 21.6 Å². The molecule has 3 rings (SSSR count). The predicted molar refractivity (Wildman–Crippen MR) is 105 cm³/mol. The number of aromatic nitrogens is 3. The lowest BCUT2D eigenvalue weighted by Crippen LogP contribution is -2.23. The maximum atomic E-state index is 12.5. The number of hydrogen-bond acceptors (Lipinski definition) is 5. The summed E-state index contributed by atoms with van der Waals surface area (Å²) in [5.74, 6) is -0.332. The molecule has 8 nitrogen and oxygen atoms in total. The van der Waals surface area contributed by atoms with Crippen LogP contribution in [0.2, 0.25) is 0 Å². The minimum Gasteiger partial charge on any atom is -0.322 e. The predicted octanol–water partition coefficient (Wildman–Crippen LogP) is 2.04. The van der Waals surface area contributed by atoms with Crippen LogP contribution >= 0.6 is 0 Å². The highest BCUT2D eigenvalue weighted by atomic mass is 32.2. The third-order valence-corrected chi connectivity index (χ3v) is 5.28.